The topological polar surface area (TPSA) is 161 Å². The monoisotopic (exact) mass is 178 g/mol. The minimum Gasteiger partial charge on any atom is -1.00 e. The Morgan fingerprint density at radius 3 is 1.50 bits per heavy atom. The highest BCUT2D eigenvalue weighted by atomic mass is 35.5. The fourth-order valence-corrected chi connectivity index (χ4v) is 0. The van der Waals surface area contributed by atoms with E-state index in [9.17, 15) is 4.79 Å². The Bertz CT molecular complexity index is 69.5. The number of carboxylic acid groups (broad SMARTS) is 1. The van der Waals surface area contributed by atoms with Crippen LogP contribution in [0.15, 0.2) is 0 Å². The molecule has 0 aromatic rings. The van der Waals surface area contributed by atoms with Gasteiger partial charge in [-0.05, 0) is 6.92 Å². The van der Waals surface area contributed by atoms with Crippen LogP contribution in [-0.4, -0.2) is 27.8 Å². The van der Waals surface area contributed by atoms with Gasteiger partial charge in [-0.15, -0.1) is 0 Å². The normalized spacial score (nSPS) is 8.20. The molecule has 10 heavy (non-hydrogen) atoms. The summed E-state index contributed by atoms with van der Waals surface area (Å²) in [5.41, 5.74) is 0. The highest BCUT2D eigenvalue weighted by Gasteiger charge is 2.01. The first-order valence-corrected chi connectivity index (χ1v) is 1.55. The number of halogens is 1. The predicted octanol–water partition coefficient (Wildman–Crippen LogP) is -2.97. The summed E-state index contributed by atoms with van der Waals surface area (Å²) in [6.07, 6.45) is -1.23. The van der Waals surface area contributed by atoms with E-state index in [2.05, 4.69) is 0 Å². The molecule has 0 saturated heterocycles. The van der Waals surface area contributed by atoms with Crippen LogP contribution in [-0.2, 0) is 4.79 Å². The zero-order chi connectivity index (χ0) is 5.15. The Labute approximate surface area is 65.1 Å². The van der Waals surface area contributed by atoms with Crippen molar-refractivity contribution in [2.75, 3.05) is 0 Å². The Kier molecular flexibility index (Phi) is 53.1. The summed E-state index contributed by atoms with van der Waals surface area (Å²) in [5, 5.41) is 15.8. The number of aliphatic carboxylic acids is 1. The lowest BCUT2D eigenvalue weighted by atomic mass is 10.4. The van der Waals surface area contributed by atoms with Crippen molar-refractivity contribution in [1.82, 2.24) is 12.3 Å². The van der Waals surface area contributed by atoms with Crippen LogP contribution in [0.4, 0.5) is 0 Å². The second kappa shape index (κ2) is 15.8. The summed E-state index contributed by atoms with van der Waals surface area (Å²) in [4.78, 5) is 9.45. The number of quaternary nitrogens is 2. The molecule has 0 aliphatic carbocycles. The fraction of sp³-hybridized carbons (Fsp3) is 0.667. The largest absolute Gasteiger partial charge is 1.00 e. The van der Waals surface area contributed by atoms with Gasteiger partial charge in [-0.1, -0.05) is 0 Å². The second-order valence-electron chi connectivity index (χ2n) is 1.01. The van der Waals surface area contributed by atoms with Crippen LogP contribution < -0.4 is 24.7 Å². The average Bonchev–Trinajstić information content (AvgIpc) is 1.36. The highest BCUT2D eigenvalue weighted by molar-refractivity contribution is 5.71. The van der Waals surface area contributed by atoms with Crippen molar-refractivity contribution in [3.8, 4) is 0 Å². The molecule has 11 N–H and O–H groups in total. The van der Waals surface area contributed by atoms with Crippen LogP contribution >= 0.6 is 0 Å². The molecule has 0 rings (SSSR count). The van der Waals surface area contributed by atoms with Gasteiger partial charge >= 0.3 is 5.97 Å². The van der Waals surface area contributed by atoms with Gasteiger partial charge in [-0.25, -0.2) is 4.79 Å². The quantitative estimate of drug-likeness (QED) is 0.338. The van der Waals surface area contributed by atoms with Crippen LogP contribution in [0.3, 0.4) is 0 Å². The maximum Gasteiger partial charge on any atom is 0.332 e. The number of aliphatic hydroxyl groups is 1. The van der Waals surface area contributed by atoms with E-state index in [0.29, 0.717) is 0 Å². The van der Waals surface area contributed by atoms with E-state index in [-0.39, 0.29) is 30.2 Å². The van der Waals surface area contributed by atoms with Gasteiger partial charge in [0.15, 0.2) is 0 Å². The summed E-state index contributed by atoms with van der Waals surface area (Å²) in [6, 6.07) is 0. The van der Waals surface area contributed by atoms with Crippen molar-refractivity contribution in [1.29, 1.82) is 0 Å². The van der Waals surface area contributed by atoms with E-state index in [1.54, 1.807) is 0 Å². The third-order valence-electron chi connectivity index (χ3n) is 0.357. The maximum atomic E-state index is 9.45. The Hall–Kier alpha value is -0.400. The lowest BCUT2D eigenvalue weighted by Gasteiger charge is -1.89. The molecule has 0 amide bonds. The molecule has 1 unspecified atom stereocenters. The number of carboxylic acids is 1. The average molecular weight is 179 g/mol. The van der Waals surface area contributed by atoms with Crippen molar-refractivity contribution >= 4 is 5.97 Å². The van der Waals surface area contributed by atoms with Crippen LogP contribution in [0.5, 0.6) is 0 Å². The zero-order valence-corrected chi connectivity index (χ0v) is 6.96. The van der Waals surface area contributed by atoms with E-state index >= 15 is 0 Å². The minimum absolute atomic E-state index is 0. The summed E-state index contributed by atoms with van der Waals surface area (Å²) >= 11 is 0. The minimum atomic E-state index is -1.23. The van der Waals surface area contributed by atoms with Crippen molar-refractivity contribution in [3.05, 3.63) is 0 Å². The van der Waals surface area contributed by atoms with E-state index < -0.39 is 12.1 Å². The SMILES string of the molecule is CC(O)C(=O)O.[Cl-].[NH4+].[NH4+].[OH-]. The maximum absolute atomic E-state index is 9.45. The van der Waals surface area contributed by atoms with E-state index in [1.165, 1.54) is 6.92 Å². The summed E-state index contributed by atoms with van der Waals surface area (Å²) in [7, 11) is 0. The van der Waals surface area contributed by atoms with Gasteiger partial charge in [0.05, 0.1) is 0 Å². The first kappa shape index (κ1) is 33.6. The first-order chi connectivity index (χ1) is 2.64. The van der Waals surface area contributed by atoms with Crippen molar-refractivity contribution in [2.24, 2.45) is 0 Å². The molecule has 0 saturated carbocycles. The molecule has 0 fully saturated rings. The number of hydrogen-bond acceptors (Lipinski definition) is 3. The van der Waals surface area contributed by atoms with Gasteiger partial charge in [-0.2, -0.15) is 0 Å². The standard InChI is InChI=1S/C3H6O3.ClH.2H3N.H2O/c1-2(4)3(5)6;;;;/h2,4H,1H3,(H,5,6);1H;2*1H3;1H2. The molecule has 1 atom stereocenters. The predicted molar refractivity (Wildman–Crippen MR) is 33.2 cm³/mol. The van der Waals surface area contributed by atoms with Crippen molar-refractivity contribution in [3.63, 3.8) is 0 Å². The van der Waals surface area contributed by atoms with Gasteiger partial charge < -0.3 is 40.4 Å². The molecule has 0 aliphatic heterocycles. The van der Waals surface area contributed by atoms with E-state index in [4.69, 9.17) is 10.2 Å². The number of rotatable bonds is 1. The molecule has 7 heteroatoms. The third kappa shape index (κ3) is 25.5. The molecule has 0 radical (unpaired) electrons. The molecular formula is C3H15ClN2O4. The zero-order valence-electron chi connectivity index (χ0n) is 6.21. The molecule has 0 aliphatic rings. The summed E-state index contributed by atoms with van der Waals surface area (Å²) in [6.45, 7) is 1.20. The van der Waals surface area contributed by atoms with Crippen LogP contribution in [0.1, 0.15) is 6.92 Å². The Balaban J connectivity index is -0.0000000208. The van der Waals surface area contributed by atoms with Gasteiger partial charge in [0.2, 0.25) is 0 Å². The lowest BCUT2D eigenvalue weighted by molar-refractivity contribution is -0.145. The smallest absolute Gasteiger partial charge is 0.332 e. The third-order valence-corrected chi connectivity index (χ3v) is 0.357. The molecule has 68 valence electrons. The van der Waals surface area contributed by atoms with E-state index in [1.807, 2.05) is 0 Å². The van der Waals surface area contributed by atoms with Gasteiger partial charge in [0.1, 0.15) is 6.10 Å². The summed E-state index contributed by atoms with van der Waals surface area (Å²) < 4.78 is 0. The molecule has 0 spiro atoms. The highest BCUT2D eigenvalue weighted by Crippen LogP contribution is 1.73. The number of carbonyl (C=O) groups is 1. The molecule has 0 aromatic heterocycles. The van der Waals surface area contributed by atoms with E-state index in [0.717, 1.165) is 0 Å². The molecule has 0 bridgehead atoms. The Morgan fingerprint density at radius 1 is 1.40 bits per heavy atom. The van der Waals surface area contributed by atoms with Crippen LogP contribution in [0.2, 0.25) is 0 Å². The van der Waals surface area contributed by atoms with Crippen LogP contribution in [0.25, 0.3) is 0 Å². The van der Waals surface area contributed by atoms with Gasteiger partial charge in [0.25, 0.3) is 0 Å². The fourth-order valence-electron chi connectivity index (χ4n) is 0. The Morgan fingerprint density at radius 2 is 1.50 bits per heavy atom. The van der Waals surface area contributed by atoms with Gasteiger partial charge in [0, 0.05) is 0 Å². The van der Waals surface area contributed by atoms with Crippen molar-refractivity contribution in [2.45, 2.75) is 13.0 Å². The summed E-state index contributed by atoms with van der Waals surface area (Å²) in [5.74, 6) is -1.19. The first-order valence-electron chi connectivity index (χ1n) is 1.55. The van der Waals surface area contributed by atoms with Gasteiger partial charge in [-0.3, -0.25) is 0 Å². The number of hydrogen-bond donors (Lipinski definition) is 4. The molecule has 6 nitrogen and oxygen atoms in total. The molecule has 0 heterocycles. The second-order valence-corrected chi connectivity index (χ2v) is 1.01. The molecular weight excluding hydrogens is 163 g/mol. The lowest BCUT2D eigenvalue weighted by Crippen LogP contribution is -3.00. The molecule has 0 aromatic carbocycles. The van der Waals surface area contributed by atoms with Crippen LogP contribution in [0, 0.1) is 0 Å². The van der Waals surface area contributed by atoms with Crippen molar-refractivity contribution < 1.29 is 32.9 Å². The number of aliphatic hydroxyl groups excluding tert-OH is 1.